The quantitative estimate of drug-likeness (QED) is 0.362. The minimum atomic E-state index is -0.360. The molecule has 0 amide bonds. The van der Waals surface area contributed by atoms with Crippen molar-refractivity contribution in [2.45, 2.75) is 26.7 Å². The number of pyridine rings is 3. The van der Waals surface area contributed by atoms with E-state index in [1.54, 1.807) is 18.5 Å². The van der Waals surface area contributed by atoms with Gasteiger partial charge in [-0.3, -0.25) is 9.78 Å². The highest BCUT2D eigenvalue weighted by Crippen LogP contribution is 2.34. The van der Waals surface area contributed by atoms with E-state index in [0.29, 0.717) is 17.1 Å². The summed E-state index contributed by atoms with van der Waals surface area (Å²) >= 11 is 0. The van der Waals surface area contributed by atoms with Gasteiger partial charge in [-0.15, -0.1) is 15.0 Å². The molecule has 1 aromatic carbocycles. The molecule has 1 aliphatic rings. The second-order valence-electron chi connectivity index (χ2n) is 9.51. The fourth-order valence-corrected chi connectivity index (χ4v) is 4.41. The number of aryl methyl sites for hydroxylation is 1. The third-order valence-electron chi connectivity index (χ3n) is 6.53. The molecule has 0 saturated carbocycles. The number of tetrazole rings is 1. The number of rotatable bonds is 4. The first-order valence-corrected chi connectivity index (χ1v) is 11.8. The molecule has 8 heteroatoms. The Morgan fingerprint density at radius 2 is 1.64 bits per heavy atom. The largest absolute Gasteiger partial charge is 0.294 e. The molecule has 0 saturated heterocycles. The van der Waals surface area contributed by atoms with E-state index < -0.39 is 0 Å². The van der Waals surface area contributed by atoms with Crippen LogP contribution in [0.1, 0.15) is 36.3 Å². The number of ketones is 1. The maximum Gasteiger partial charge on any atom is 0.223 e. The van der Waals surface area contributed by atoms with Gasteiger partial charge in [0.05, 0.1) is 22.8 Å². The van der Waals surface area contributed by atoms with Crippen LogP contribution in [0.15, 0.2) is 79.1 Å². The predicted octanol–water partition coefficient (Wildman–Crippen LogP) is 5.00. The van der Waals surface area contributed by atoms with E-state index in [-0.39, 0.29) is 11.2 Å². The lowest BCUT2D eigenvalue weighted by Gasteiger charge is -2.28. The van der Waals surface area contributed by atoms with Crippen molar-refractivity contribution >= 4 is 5.78 Å². The van der Waals surface area contributed by atoms with E-state index in [0.717, 1.165) is 46.7 Å². The van der Waals surface area contributed by atoms with Crippen LogP contribution in [-0.4, -0.2) is 40.9 Å². The Labute approximate surface area is 208 Å². The summed E-state index contributed by atoms with van der Waals surface area (Å²) in [6, 6.07) is 21.3. The van der Waals surface area contributed by atoms with Crippen LogP contribution in [0.3, 0.4) is 0 Å². The first kappa shape index (κ1) is 21.9. The van der Waals surface area contributed by atoms with Crippen LogP contribution >= 0.6 is 0 Å². The van der Waals surface area contributed by atoms with E-state index >= 15 is 0 Å². The van der Waals surface area contributed by atoms with Crippen molar-refractivity contribution in [1.82, 2.24) is 35.2 Å². The molecule has 0 N–H and O–H groups in total. The summed E-state index contributed by atoms with van der Waals surface area (Å²) in [6.45, 7) is 3.97. The van der Waals surface area contributed by atoms with Gasteiger partial charge in [-0.2, -0.15) is 0 Å². The first-order chi connectivity index (χ1) is 17.5. The number of benzene rings is 1. The van der Waals surface area contributed by atoms with Gasteiger partial charge in [0.15, 0.2) is 5.78 Å². The molecule has 6 rings (SSSR count). The number of Topliss-reactive ketones (excluding diaryl/α,β-unsaturated/α-hetero) is 1. The number of hydrogen-bond donors (Lipinski definition) is 0. The number of hydrogen-bond acceptors (Lipinski definition) is 7. The summed E-state index contributed by atoms with van der Waals surface area (Å²) in [5, 5.41) is 13.2. The number of carbonyl (C=O) groups excluding carboxylic acids is 1. The zero-order chi connectivity index (χ0) is 24.7. The van der Waals surface area contributed by atoms with Crippen molar-refractivity contribution < 1.29 is 4.79 Å². The number of fused-ring (bicyclic) bond motifs is 1. The summed E-state index contributed by atoms with van der Waals surface area (Å²) in [6.07, 6.45) is 5.03. The monoisotopic (exact) mass is 473 g/mol. The average molecular weight is 474 g/mol. The molecule has 36 heavy (non-hydrogen) atoms. The molecule has 0 aliphatic heterocycles. The highest BCUT2D eigenvalue weighted by Gasteiger charge is 2.35. The molecule has 0 radical (unpaired) electrons. The SMILES string of the molecule is CC1(C)CCc2nc(-c3nnn(-c4cc(-c5ccccc5)nc(-c5cccnc5)c4)n3)ccc2C1=O. The summed E-state index contributed by atoms with van der Waals surface area (Å²) in [5.74, 6) is 0.531. The highest BCUT2D eigenvalue weighted by atomic mass is 16.1. The van der Waals surface area contributed by atoms with E-state index in [1.165, 1.54) is 4.80 Å². The van der Waals surface area contributed by atoms with Crippen molar-refractivity contribution in [3.05, 3.63) is 90.4 Å². The maximum absolute atomic E-state index is 12.8. The van der Waals surface area contributed by atoms with Gasteiger partial charge < -0.3 is 0 Å². The summed E-state index contributed by atoms with van der Waals surface area (Å²) < 4.78 is 0. The molecule has 0 unspecified atom stereocenters. The van der Waals surface area contributed by atoms with Crippen LogP contribution in [0.2, 0.25) is 0 Å². The maximum atomic E-state index is 12.8. The first-order valence-electron chi connectivity index (χ1n) is 11.8. The third kappa shape index (κ3) is 3.96. The Morgan fingerprint density at radius 1 is 0.861 bits per heavy atom. The normalized spacial score (nSPS) is 14.4. The van der Waals surface area contributed by atoms with E-state index in [2.05, 4.69) is 20.4 Å². The fraction of sp³-hybridized carbons (Fsp3) is 0.179. The average Bonchev–Trinajstić information content (AvgIpc) is 3.42. The Bertz CT molecular complexity index is 1520. The molecule has 5 aromatic rings. The van der Waals surface area contributed by atoms with Gasteiger partial charge in [0, 0.05) is 34.5 Å². The molecule has 1 aliphatic carbocycles. The van der Waals surface area contributed by atoms with Gasteiger partial charge in [-0.05, 0) is 54.5 Å². The molecule has 0 fully saturated rings. The minimum Gasteiger partial charge on any atom is -0.294 e. The van der Waals surface area contributed by atoms with Crippen LogP contribution in [0.4, 0.5) is 0 Å². The standard InChI is InChI=1S/C28H23N7O/c1-28(2)13-12-22-21(26(28)36)10-11-23(30-22)27-32-34-35(33-27)20-15-24(18-7-4-3-5-8-18)31-25(16-20)19-9-6-14-29-17-19/h3-11,14-17H,12-13H2,1-2H3. The number of carbonyl (C=O) groups is 1. The van der Waals surface area contributed by atoms with Crippen LogP contribution in [-0.2, 0) is 6.42 Å². The molecule has 176 valence electrons. The van der Waals surface area contributed by atoms with Crippen molar-refractivity contribution in [1.29, 1.82) is 0 Å². The Balaban J connectivity index is 1.40. The van der Waals surface area contributed by atoms with E-state index in [1.807, 2.05) is 74.5 Å². The van der Waals surface area contributed by atoms with Crippen LogP contribution in [0, 0.1) is 5.41 Å². The van der Waals surface area contributed by atoms with Crippen LogP contribution < -0.4 is 0 Å². The Kier molecular flexibility index (Phi) is 5.21. The molecular formula is C28H23N7O. The minimum absolute atomic E-state index is 0.132. The van der Waals surface area contributed by atoms with Gasteiger partial charge >= 0.3 is 0 Å². The number of aromatic nitrogens is 7. The van der Waals surface area contributed by atoms with E-state index in [4.69, 9.17) is 9.97 Å². The molecular weight excluding hydrogens is 450 g/mol. The van der Waals surface area contributed by atoms with Gasteiger partial charge in [0.1, 0.15) is 5.69 Å². The highest BCUT2D eigenvalue weighted by molar-refractivity contribution is 6.02. The van der Waals surface area contributed by atoms with Crippen molar-refractivity contribution in [2.75, 3.05) is 0 Å². The summed E-state index contributed by atoms with van der Waals surface area (Å²) in [5.41, 5.74) is 5.85. The summed E-state index contributed by atoms with van der Waals surface area (Å²) in [7, 11) is 0. The van der Waals surface area contributed by atoms with Crippen LogP contribution in [0.25, 0.3) is 39.7 Å². The number of nitrogens with zero attached hydrogens (tertiary/aromatic N) is 7. The molecule has 0 spiro atoms. The van der Waals surface area contributed by atoms with Gasteiger partial charge in [0.25, 0.3) is 0 Å². The topological polar surface area (TPSA) is 99.3 Å². The van der Waals surface area contributed by atoms with Crippen LogP contribution in [0.5, 0.6) is 0 Å². The second-order valence-corrected chi connectivity index (χ2v) is 9.51. The molecule has 4 aromatic heterocycles. The lowest BCUT2D eigenvalue weighted by molar-refractivity contribution is 0.0809. The summed E-state index contributed by atoms with van der Waals surface area (Å²) in [4.78, 5) is 28.1. The zero-order valence-corrected chi connectivity index (χ0v) is 20.0. The fourth-order valence-electron chi connectivity index (χ4n) is 4.41. The predicted molar refractivity (Wildman–Crippen MR) is 135 cm³/mol. The second kappa shape index (κ2) is 8.57. The van der Waals surface area contributed by atoms with Gasteiger partial charge in [0.2, 0.25) is 5.82 Å². The Morgan fingerprint density at radius 3 is 2.42 bits per heavy atom. The van der Waals surface area contributed by atoms with E-state index in [9.17, 15) is 4.79 Å². The van der Waals surface area contributed by atoms with Crippen molar-refractivity contribution in [2.24, 2.45) is 5.41 Å². The lowest BCUT2D eigenvalue weighted by atomic mass is 9.75. The molecule has 8 nitrogen and oxygen atoms in total. The van der Waals surface area contributed by atoms with Crippen molar-refractivity contribution in [3.8, 4) is 39.7 Å². The molecule has 0 bridgehead atoms. The Hall–Kier alpha value is -4.59. The molecule has 0 atom stereocenters. The van der Waals surface area contributed by atoms with Crippen molar-refractivity contribution in [3.63, 3.8) is 0 Å². The molecule has 4 heterocycles. The third-order valence-corrected chi connectivity index (χ3v) is 6.53. The van der Waals surface area contributed by atoms with Gasteiger partial charge in [-0.25, -0.2) is 9.97 Å². The lowest BCUT2D eigenvalue weighted by Crippen LogP contribution is -2.31. The smallest absolute Gasteiger partial charge is 0.223 e. The zero-order valence-electron chi connectivity index (χ0n) is 20.0. The van der Waals surface area contributed by atoms with Gasteiger partial charge in [-0.1, -0.05) is 44.2 Å².